The topological polar surface area (TPSA) is 34.9 Å². The summed E-state index contributed by atoms with van der Waals surface area (Å²) >= 11 is 0. The van der Waals surface area contributed by atoms with Crippen LogP contribution in [0.25, 0.3) is 11.0 Å². The molecule has 20 heavy (non-hydrogen) atoms. The Morgan fingerprint density at radius 1 is 1.10 bits per heavy atom. The molecule has 0 aliphatic rings. The van der Waals surface area contributed by atoms with Crippen LogP contribution in [0.2, 0.25) is 0 Å². The van der Waals surface area contributed by atoms with E-state index in [1.165, 1.54) is 11.1 Å². The fourth-order valence-electron chi connectivity index (χ4n) is 2.51. The molecule has 0 spiro atoms. The molecule has 2 aromatic carbocycles. The lowest BCUT2D eigenvalue weighted by Crippen LogP contribution is -2.02. The van der Waals surface area contributed by atoms with Crippen molar-refractivity contribution in [2.75, 3.05) is 0 Å². The van der Waals surface area contributed by atoms with Gasteiger partial charge in [0.25, 0.3) is 0 Å². The number of aromatic nitrogens is 2. The average molecular weight is 264 g/mol. The first kappa shape index (κ1) is 12.6. The van der Waals surface area contributed by atoms with E-state index in [1.807, 2.05) is 42.5 Å². The number of nitrogens with zero attached hydrogens (tertiary/aromatic N) is 2. The van der Waals surface area contributed by atoms with E-state index >= 15 is 0 Å². The Kier molecular flexibility index (Phi) is 3.33. The summed E-state index contributed by atoms with van der Waals surface area (Å²) in [6.45, 7) is 3.04. The molecule has 0 fully saturated rings. The van der Waals surface area contributed by atoms with Crippen LogP contribution in [0.4, 0.5) is 0 Å². The zero-order valence-electron chi connectivity index (χ0n) is 11.4. The Labute approximate surface area is 117 Å². The van der Waals surface area contributed by atoms with Gasteiger partial charge in [0, 0.05) is 18.5 Å². The molecule has 0 amide bonds. The standard InChI is InChI=1S/C17H16N2O/c1-2-19-16-6-4-3-5-15(16)18-17(19)11-13-7-9-14(12-20)10-8-13/h3-10,12H,2,11H2,1H3. The van der Waals surface area contributed by atoms with Crippen LogP contribution in [0.15, 0.2) is 48.5 Å². The van der Waals surface area contributed by atoms with Crippen LogP contribution >= 0.6 is 0 Å². The van der Waals surface area contributed by atoms with Crippen molar-refractivity contribution >= 4 is 17.3 Å². The molecule has 0 unspecified atom stereocenters. The largest absolute Gasteiger partial charge is 0.328 e. The number of hydrogen-bond acceptors (Lipinski definition) is 2. The molecule has 1 aromatic heterocycles. The highest BCUT2D eigenvalue weighted by atomic mass is 16.1. The molecule has 0 bridgehead atoms. The van der Waals surface area contributed by atoms with Gasteiger partial charge in [-0.3, -0.25) is 4.79 Å². The fraction of sp³-hybridized carbons (Fsp3) is 0.176. The van der Waals surface area contributed by atoms with Crippen molar-refractivity contribution < 1.29 is 4.79 Å². The maximum atomic E-state index is 10.7. The number of rotatable bonds is 4. The number of carbonyl (C=O) groups excluding carboxylic acids is 1. The quantitative estimate of drug-likeness (QED) is 0.676. The van der Waals surface area contributed by atoms with Gasteiger partial charge >= 0.3 is 0 Å². The second-order valence-corrected chi connectivity index (χ2v) is 4.80. The monoisotopic (exact) mass is 264 g/mol. The third-order valence-corrected chi connectivity index (χ3v) is 3.53. The van der Waals surface area contributed by atoms with Crippen LogP contribution < -0.4 is 0 Å². The molecule has 1 heterocycles. The van der Waals surface area contributed by atoms with E-state index in [0.717, 1.165) is 30.6 Å². The lowest BCUT2D eigenvalue weighted by atomic mass is 10.1. The zero-order valence-corrected chi connectivity index (χ0v) is 11.4. The number of hydrogen-bond donors (Lipinski definition) is 0. The molecule has 3 rings (SSSR count). The van der Waals surface area contributed by atoms with Gasteiger partial charge in [-0.25, -0.2) is 4.98 Å². The second kappa shape index (κ2) is 5.29. The molecule has 100 valence electrons. The number of aldehydes is 1. The summed E-state index contributed by atoms with van der Waals surface area (Å²) in [4.78, 5) is 15.4. The minimum absolute atomic E-state index is 0.706. The van der Waals surface area contributed by atoms with Crippen molar-refractivity contribution in [3.63, 3.8) is 0 Å². The van der Waals surface area contributed by atoms with E-state index in [-0.39, 0.29) is 0 Å². The van der Waals surface area contributed by atoms with Gasteiger partial charge in [0.05, 0.1) is 11.0 Å². The molecule has 0 atom stereocenters. The first-order chi connectivity index (χ1) is 9.81. The summed E-state index contributed by atoms with van der Waals surface area (Å²) in [5, 5.41) is 0. The first-order valence-corrected chi connectivity index (χ1v) is 6.80. The highest BCUT2D eigenvalue weighted by Gasteiger charge is 2.09. The lowest BCUT2D eigenvalue weighted by Gasteiger charge is -2.06. The molecule has 3 aromatic rings. The van der Waals surface area contributed by atoms with Crippen LogP contribution in [-0.4, -0.2) is 15.8 Å². The van der Waals surface area contributed by atoms with Crippen molar-refractivity contribution in [2.24, 2.45) is 0 Å². The van der Waals surface area contributed by atoms with Gasteiger partial charge in [0.15, 0.2) is 0 Å². The smallest absolute Gasteiger partial charge is 0.150 e. The van der Waals surface area contributed by atoms with Crippen LogP contribution in [0, 0.1) is 0 Å². The average Bonchev–Trinajstić information content (AvgIpc) is 2.85. The Morgan fingerprint density at radius 3 is 2.55 bits per heavy atom. The molecule has 0 aliphatic carbocycles. The molecular formula is C17H16N2O. The Morgan fingerprint density at radius 2 is 1.85 bits per heavy atom. The van der Waals surface area contributed by atoms with Crippen LogP contribution in [0.1, 0.15) is 28.7 Å². The SMILES string of the molecule is CCn1c(Cc2ccc(C=O)cc2)nc2ccccc21. The minimum Gasteiger partial charge on any atom is -0.328 e. The van der Waals surface area contributed by atoms with Gasteiger partial charge < -0.3 is 4.57 Å². The Bertz CT molecular complexity index is 741. The lowest BCUT2D eigenvalue weighted by molar-refractivity contribution is 0.112. The number of imidazole rings is 1. The summed E-state index contributed by atoms with van der Waals surface area (Å²) in [6.07, 6.45) is 1.65. The van der Waals surface area contributed by atoms with Crippen molar-refractivity contribution in [1.29, 1.82) is 0 Å². The maximum absolute atomic E-state index is 10.7. The Hall–Kier alpha value is -2.42. The summed E-state index contributed by atoms with van der Waals surface area (Å²) in [7, 11) is 0. The zero-order chi connectivity index (χ0) is 13.9. The molecule has 0 saturated heterocycles. The fourth-order valence-corrected chi connectivity index (χ4v) is 2.51. The van der Waals surface area contributed by atoms with Crippen molar-refractivity contribution in [2.45, 2.75) is 19.9 Å². The number of carbonyl (C=O) groups is 1. The van der Waals surface area contributed by atoms with Gasteiger partial charge in [0.1, 0.15) is 12.1 Å². The van der Waals surface area contributed by atoms with E-state index in [1.54, 1.807) is 0 Å². The number of aryl methyl sites for hydroxylation is 1. The highest BCUT2D eigenvalue weighted by Crippen LogP contribution is 2.18. The summed E-state index contributed by atoms with van der Waals surface area (Å²) < 4.78 is 2.24. The van der Waals surface area contributed by atoms with E-state index in [2.05, 4.69) is 17.6 Å². The highest BCUT2D eigenvalue weighted by molar-refractivity contribution is 5.76. The van der Waals surface area contributed by atoms with Gasteiger partial charge in [-0.15, -0.1) is 0 Å². The van der Waals surface area contributed by atoms with Crippen molar-refractivity contribution in [3.05, 3.63) is 65.5 Å². The first-order valence-electron chi connectivity index (χ1n) is 6.80. The van der Waals surface area contributed by atoms with E-state index in [9.17, 15) is 4.79 Å². The molecule has 0 N–H and O–H groups in total. The molecule has 0 radical (unpaired) electrons. The molecule has 0 saturated carbocycles. The van der Waals surface area contributed by atoms with Crippen molar-refractivity contribution in [1.82, 2.24) is 9.55 Å². The maximum Gasteiger partial charge on any atom is 0.150 e. The summed E-state index contributed by atoms with van der Waals surface area (Å²) in [5.41, 5.74) is 4.08. The van der Waals surface area contributed by atoms with E-state index in [0.29, 0.717) is 5.56 Å². The predicted molar refractivity (Wildman–Crippen MR) is 80.0 cm³/mol. The normalized spacial score (nSPS) is 10.8. The molecular weight excluding hydrogens is 248 g/mol. The summed E-state index contributed by atoms with van der Waals surface area (Å²) in [5.74, 6) is 1.06. The van der Waals surface area contributed by atoms with Gasteiger partial charge in [0.2, 0.25) is 0 Å². The molecule has 3 heteroatoms. The predicted octanol–water partition coefficient (Wildman–Crippen LogP) is 3.46. The van der Waals surface area contributed by atoms with Crippen LogP contribution in [0.3, 0.4) is 0 Å². The van der Waals surface area contributed by atoms with E-state index < -0.39 is 0 Å². The van der Waals surface area contributed by atoms with Gasteiger partial charge in [-0.05, 0) is 24.6 Å². The van der Waals surface area contributed by atoms with Crippen LogP contribution in [-0.2, 0) is 13.0 Å². The third-order valence-electron chi connectivity index (χ3n) is 3.53. The molecule has 3 nitrogen and oxygen atoms in total. The minimum atomic E-state index is 0.706. The van der Waals surface area contributed by atoms with Crippen molar-refractivity contribution in [3.8, 4) is 0 Å². The number of fused-ring (bicyclic) bond motifs is 1. The number of para-hydroxylation sites is 2. The molecule has 0 aliphatic heterocycles. The Balaban J connectivity index is 1.98. The summed E-state index contributed by atoms with van der Waals surface area (Å²) in [6, 6.07) is 15.9. The second-order valence-electron chi connectivity index (χ2n) is 4.80. The van der Waals surface area contributed by atoms with Gasteiger partial charge in [-0.2, -0.15) is 0 Å². The van der Waals surface area contributed by atoms with Crippen LogP contribution in [0.5, 0.6) is 0 Å². The third kappa shape index (κ3) is 2.23. The van der Waals surface area contributed by atoms with E-state index in [4.69, 9.17) is 4.98 Å². The number of benzene rings is 2. The van der Waals surface area contributed by atoms with Gasteiger partial charge in [-0.1, -0.05) is 36.4 Å².